The third kappa shape index (κ3) is 4.94. The Bertz CT molecular complexity index is 950. The third-order valence-corrected chi connectivity index (χ3v) is 5.78. The third-order valence-electron chi connectivity index (χ3n) is 4.25. The molecule has 0 aliphatic heterocycles. The summed E-state index contributed by atoms with van der Waals surface area (Å²) in [6, 6.07) is 12.9. The van der Waals surface area contributed by atoms with Gasteiger partial charge in [-0.15, -0.1) is 11.3 Å². The van der Waals surface area contributed by atoms with Gasteiger partial charge in [0, 0.05) is 22.8 Å². The molecule has 0 bridgehead atoms. The van der Waals surface area contributed by atoms with Gasteiger partial charge in [0.25, 0.3) is 0 Å². The highest BCUT2D eigenvalue weighted by molar-refractivity contribution is 7.15. The Balaban J connectivity index is 1.65. The van der Waals surface area contributed by atoms with Crippen LogP contribution < -0.4 is 16.4 Å². The lowest BCUT2D eigenvalue weighted by atomic mass is 10.1. The number of nitrogens with zero attached hydrogens (tertiary/aromatic N) is 1. The van der Waals surface area contributed by atoms with E-state index in [1.54, 1.807) is 24.6 Å². The lowest BCUT2D eigenvalue weighted by Gasteiger charge is -2.19. The van der Waals surface area contributed by atoms with E-state index in [1.807, 2.05) is 30.3 Å². The lowest BCUT2D eigenvalue weighted by molar-refractivity contribution is -0.118. The molecule has 2 aromatic heterocycles. The van der Waals surface area contributed by atoms with Crippen molar-refractivity contribution in [3.05, 3.63) is 70.4 Å². The number of thiophene rings is 1. The number of likely N-dealkylation sites (N-methyl/N-ethyl adjacent to an activating group) is 1. The summed E-state index contributed by atoms with van der Waals surface area (Å²) in [4.78, 5) is 18.9. The Morgan fingerprint density at radius 1 is 1.29 bits per heavy atom. The van der Waals surface area contributed by atoms with E-state index >= 15 is 0 Å². The van der Waals surface area contributed by atoms with Crippen molar-refractivity contribution in [2.45, 2.75) is 18.5 Å². The highest BCUT2D eigenvalue weighted by Crippen LogP contribution is 2.31. The van der Waals surface area contributed by atoms with E-state index in [0.717, 1.165) is 15.4 Å². The van der Waals surface area contributed by atoms with E-state index in [-0.39, 0.29) is 17.0 Å². The Labute approximate surface area is 171 Å². The summed E-state index contributed by atoms with van der Waals surface area (Å²) in [5.74, 6) is -0.796. The number of hydrogen-bond acceptors (Lipinski definition) is 5. The molecule has 0 fully saturated rings. The van der Waals surface area contributed by atoms with Crippen LogP contribution in [0, 0.1) is 5.82 Å². The van der Waals surface area contributed by atoms with Gasteiger partial charge < -0.3 is 16.4 Å². The highest BCUT2D eigenvalue weighted by Gasteiger charge is 2.22. The minimum atomic E-state index is -0.534. The van der Waals surface area contributed by atoms with Gasteiger partial charge in [0.2, 0.25) is 5.91 Å². The van der Waals surface area contributed by atoms with Crippen molar-refractivity contribution in [2.24, 2.45) is 5.73 Å². The fourth-order valence-electron chi connectivity index (χ4n) is 2.73. The quantitative estimate of drug-likeness (QED) is 0.536. The summed E-state index contributed by atoms with van der Waals surface area (Å²) < 4.78 is 13.3. The molecule has 0 aliphatic carbocycles. The average Bonchev–Trinajstić information content (AvgIpc) is 3.20. The van der Waals surface area contributed by atoms with Crippen molar-refractivity contribution in [3.8, 4) is 10.6 Å². The van der Waals surface area contributed by atoms with Crippen LogP contribution in [0.2, 0.25) is 5.02 Å². The van der Waals surface area contributed by atoms with Crippen molar-refractivity contribution in [3.63, 3.8) is 0 Å². The molecule has 28 heavy (non-hydrogen) atoms. The van der Waals surface area contributed by atoms with Crippen molar-refractivity contribution in [2.75, 3.05) is 12.4 Å². The Morgan fingerprint density at radius 2 is 2.11 bits per heavy atom. The number of aromatic nitrogens is 1. The summed E-state index contributed by atoms with van der Waals surface area (Å²) >= 11 is 7.32. The van der Waals surface area contributed by atoms with Crippen LogP contribution in [0.3, 0.4) is 0 Å². The zero-order valence-electron chi connectivity index (χ0n) is 15.2. The van der Waals surface area contributed by atoms with Crippen molar-refractivity contribution >= 4 is 34.5 Å². The summed E-state index contributed by atoms with van der Waals surface area (Å²) in [6.45, 7) is 0. The number of benzene rings is 1. The maximum Gasteiger partial charge on any atom is 0.241 e. The highest BCUT2D eigenvalue weighted by atomic mass is 35.5. The first-order valence-electron chi connectivity index (χ1n) is 8.68. The van der Waals surface area contributed by atoms with E-state index in [1.165, 1.54) is 18.2 Å². The molecule has 0 radical (unpaired) electrons. The van der Waals surface area contributed by atoms with Gasteiger partial charge in [0.1, 0.15) is 5.82 Å². The molecule has 4 N–H and O–H groups in total. The first-order chi connectivity index (χ1) is 13.5. The summed E-state index contributed by atoms with van der Waals surface area (Å²) in [5.41, 5.74) is 7.66. The van der Waals surface area contributed by atoms with Crippen LogP contribution in [-0.2, 0) is 4.79 Å². The van der Waals surface area contributed by atoms with E-state index in [9.17, 15) is 9.18 Å². The molecule has 0 saturated carbocycles. The fraction of sp³-hybridized carbons (Fsp3) is 0.200. The maximum absolute atomic E-state index is 13.3. The topological polar surface area (TPSA) is 80.0 Å². The molecular weight excluding hydrogens is 399 g/mol. The number of carbonyl (C=O) groups excluding carboxylic acids is 1. The number of hydrogen-bond donors (Lipinski definition) is 3. The fourth-order valence-corrected chi connectivity index (χ4v) is 3.91. The molecule has 0 spiro atoms. The van der Waals surface area contributed by atoms with Gasteiger partial charge in [-0.25, -0.2) is 4.39 Å². The molecule has 8 heteroatoms. The monoisotopic (exact) mass is 418 g/mol. The number of anilines is 1. The van der Waals surface area contributed by atoms with Crippen LogP contribution >= 0.6 is 22.9 Å². The number of nitrogens with two attached hydrogens (primary N) is 1. The molecule has 2 atom stereocenters. The first kappa shape index (κ1) is 20.4. The van der Waals surface area contributed by atoms with Crippen molar-refractivity contribution in [1.82, 2.24) is 10.3 Å². The molecule has 3 rings (SSSR count). The van der Waals surface area contributed by atoms with Gasteiger partial charge in [-0.3, -0.25) is 9.78 Å². The van der Waals surface area contributed by atoms with E-state index in [2.05, 4.69) is 15.6 Å². The van der Waals surface area contributed by atoms with Crippen LogP contribution in [0.15, 0.2) is 54.7 Å². The van der Waals surface area contributed by atoms with Gasteiger partial charge in [-0.1, -0.05) is 17.7 Å². The van der Waals surface area contributed by atoms with E-state index in [4.69, 9.17) is 17.3 Å². The zero-order valence-corrected chi connectivity index (χ0v) is 16.7. The van der Waals surface area contributed by atoms with Crippen molar-refractivity contribution in [1.29, 1.82) is 0 Å². The summed E-state index contributed by atoms with van der Waals surface area (Å²) in [6.07, 6.45) is 2.15. The number of nitrogens with one attached hydrogen (secondary N) is 2. The van der Waals surface area contributed by atoms with Gasteiger partial charge in [0.15, 0.2) is 0 Å². The largest absolute Gasteiger partial charge is 0.325 e. The van der Waals surface area contributed by atoms with Gasteiger partial charge in [0.05, 0.1) is 21.6 Å². The predicted octanol–water partition coefficient (Wildman–Crippen LogP) is 4.22. The van der Waals surface area contributed by atoms with Crippen LogP contribution in [-0.4, -0.2) is 24.0 Å². The van der Waals surface area contributed by atoms with Crippen molar-refractivity contribution < 1.29 is 9.18 Å². The molecular formula is C20H20ClFN4OS. The minimum absolute atomic E-state index is 0.0452. The predicted molar refractivity (Wildman–Crippen MR) is 112 cm³/mol. The maximum atomic E-state index is 13.3. The number of carbonyl (C=O) groups is 1. The smallest absolute Gasteiger partial charge is 0.241 e. The van der Waals surface area contributed by atoms with Crippen LogP contribution in [0.1, 0.15) is 17.3 Å². The number of rotatable bonds is 7. The summed E-state index contributed by atoms with van der Waals surface area (Å²) in [7, 11) is 1.70. The number of halogens is 2. The second-order valence-electron chi connectivity index (χ2n) is 6.22. The molecule has 0 aliphatic rings. The number of pyridine rings is 1. The average molecular weight is 419 g/mol. The molecule has 1 amide bonds. The zero-order chi connectivity index (χ0) is 20.1. The molecule has 1 aromatic carbocycles. The van der Waals surface area contributed by atoms with Crippen LogP contribution in [0.4, 0.5) is 10.1 Å². The second-order valence-corrected chi connectivity index (χ2v) is 7.74. The van der Waals surface area contributed by atoms with Gasteiger partial charge >= 0.3 is 0 Å². The molecule has 3 aromatic rings. The Morgan fingerprint density at radius 3 is 2.79 bits per heavy atom. The van der Waals surface area contributed by atoms with Crippen LogP contribution in [0.25, 0.3) is 10.6 Å². The SMILES string of the molecule is CN[C@@H](C[C@@H](N)c1ccc(-c2ccccn2)s1)C(=O)Nc1ccc(F)c(Cl)c1. The molecule has 146 valence electrons. The van der Waals surface area contributed by atoms with Crippen LogP contribution in [0.5, 0.6) is 0 Å². The summed E-state index contributed by atoms with van der Waals surface area (Å²) in [5, 5.41) is 5.67. The minimum Gasteiger partial charge on any atom is -0.325 e. The Kier molecular flexibility index (Phi) is 6.74. The lowest BCUT2D eigenvalue weighted by Crippen LogP contribution is -2.40. The first-order valence-corrected chi connectivity index (χ1v) is 9.87. The molecule has 0 unspecified atom stereocenters. The molecule has 2 heterocycles. The second kappa shape index (κ2) is 9.25. The van der Waals surface area contributed by atoms with Gasteiger partial charge in [-0.05, 0) is 55.9 Å². The Hall–Kier alpha value is -2.32. The van der Waals surface area contributed by atoms with E-state index < -0.39 is 11.9 Å². The van der Waals surface area contributed by atoms with E-state index in [0.29, 0.717) is 12.1 Å². The molecule has 0 saturated heterocycles. The normalized spacial score (nSPS) is 13.1. The standard InChI is InChI=1S/C20H20ClFN4OS/c1-24-17(20(27)26-12-5-6-14(22)13(21)10-12)11-15(23)18-7-8-19(28-18)16-4-2-3-9-25-16/h2-10,15,17,24H,11,23H2,1H3,(H,26,27)/t15-,17+/m1/s1. The molecule has 5 nitrogen and oxygen atoms in total. The number of amides is 1. The van der Waals surface area contributed by atoms with Gasteiger partial charge in [-0.2, -0.15) is 0 Å².